The van der Waals surface area contributed by atoms with Crippen LogP contribution in [0, 0.1) is 0 Å². The molecule has 1 saturated carbocycles. The van der Waals surface area contributed by atoms with Crippen molar-refractivity contribution in [3.05, 3.63) is 29.8 Å². The van der Waals surface area contributed by atoms with E-state index in [0.29, 0.717) is 23.1 Å². The third-order valence-electron chi connectivity index (χ3n) is 2.62. The van der Waals surface area contributed by atoms with Crippen molar-refractivity contribution in [2.45, 2.75) is 35.5 Å². The summed E-state index contributed by atoms with van der Waals surface area (Å²) in [6.45, 7) is 0. The van der Waals surface area contributed by atoms with E-state index in [1.165, 1.54) is 0 Å². The van der Waals surface area contributed by atoms with Crippen LogP contribution in [0.2, 0.25) is 0 Å². The molecular formula is C11H13F2NS. The average molecular weight is 229 g/mol. The predicted octanol–water partition coefficient (Wildman–Crippen LogP) is 3.04. The molecule has 2 rings (SSSR count). The van der Waals surface area contributed by atoms with Crippen LogP contribution in [-0.4, -0.2) is 11.3 Å². The van der Waals surface area contributed by atoms with Gasteiger partial charge in [-0.05, 0) is 30.9 Å². The number of nitrogens with two attached hydrogens (primary N) is 1. The Morgan fingerprint density at radius 2 is 2.00 bits per heavy atom. The SMILES string of the molecule is NC1(Cc2ccccc2SC(F)F)CC1. The summed E-state index contributed by atoms with van der Waals surface area (Å²) < 4.78 is 24.6. The topological polar surface area (TPSA) is 26.0 Å². The minimum absolute atomic E-state index is 0.126. The molecule has 0 saturated heterocycles. The van der Waals surface area contributed by atoms with Crippen LogP contribution in [-0.2, 0) is 6.42 Å². The number of benzene rings is 1. The number of hydrogen-bond acceptors (Lipinski definition) is 2. The molecule has 0 unspecified atom stereocenters. The van der Waals surface area contributed by atoms with E-state index in [4.69, 9.17) is 5.73 Å². The van der Waals surface area contributed by atoms with Crippen molar-refractivity contribution in [2.24, 2.45) is 5.73 Å². The van der Waals surface area contributed by atoms with Crippen LogP contribution in [0.5, 0.6) is 0 Å². The summed E-state index contributed by atoms with van der Waals surface area (Å²) in [6, 6.07) is 7.27. The molecule has 0 heterocycles. The second kappa shape index (κ2) is 4.10. The maximum absolute atomic E-state index is 12.3. The van der Waals surface area contributed by atoms with Crippen LogP contribution in [0.3, 0.4) is 0 Å². The lowest BCUT2D eigenvalue weighted by molar-refractivity contribution is 0.252. The Balaban J connectivity index is 2.14. The van der Waals surface area contributed by atoms with E-state index in [-0.39, 0.29) is 5.54 Å². The molecule has 1 aliphatic carbocycles. The summed E-state index contributed by atoms with van der Waals surface area (Å²) >= 11 is 0.605. The van der Waals surface area contributed by atoms with Gasteiger partial charge in [-0.15, -0.1) is 0 Å². The standard InChI is InChI=1S/C11H13F2NS/c12-10(13)15-9-4-2-1-3-8(9)7-11(14)5-6-11/h1-4,10H,5-7,14H2. The van der Waals surface area contributed by atoms with E-state index in [0.717, 1.165) is 18.4 Å². The highest BCUT2D eigenvalue weighted by atomic mass is 32.2. The third-order valence-corrected chi connectivity index (χ3v) is 3.45. The molecule has 1 aromatic carbocycles. The molecule has 0 amide bonds. The van der Waals surface area contributed by atoms with Gasteiger partial charge < -0.3 is 5.73 Å². The molecule has 0 aliphatic heterocycles. The maximum Gasteiger partial charge on any atom is 0.288 e. The fraction of sp³-hybridized carbons (Fsp3) is 0.455. The molecule has 82 valence electrons. The van der Waals surface area contributed by atoms with Gasteiger partial charge in [0.05, 0.1) is 0 Å². The lowest BCUT2D eigenvalue weighted by Crippen LogP contribution is -2.24. The summed E-state index contributed by atoms with van der Waals surface area (Å²) in [7, 11) is 0. The first kappa shape index (κ1) is 10.9. The van der Waals surface area contributed by atoms with Crippen LogP contribution < -0.4 is 5.73 Å². The largest absolute Gasteiger partial charge is 0.325 e. The van der Waals surface area contributed by atoms with Crippen LogP contribution in [0.4, 0.5) is 8.78 Å². The molecule has 4 heteroatoms. The zero-order valence-electron chi connectivity index (χ0n) is 8.25. The van der Waals surface area contributed by atoms with Crippen molar-refractivity contribution in [2.75, 3.05) is 0 Å². The van der Waals surface area contributed by atoms with Gasteiger partial charge in [0.25, 0.3) is 5.76 Å². The second-order valence-corrected chi connectivity index (χ2v) is 5.06. The fourth-order valence-electron chi connectivity index (χ4n) is 1.58. The number of halogens is 2. The summed E-state index contributed by atoms with van der Waals surface area (Å²) in [5.41, 5.74) is 6.80. The quantitative estimate of drug-likeness (QED) is 0.803. The molecular weight excluding hydrogens is 216 g/mol. The Morgan fingerprint density at radius 1 is 1.33 bits per heavy atom. The molecule has 0 spiro atoms. The monoisotopic (exact) mass is 229 g/mol. The number of hydrogen-bond donors (Lipinski definition) is 1. The Hall–Kier alpha value is -0.610. The molecule has 2 N–H and O–H groups in total. The highest BCUT2D eigenvalue weighted by Gasteiger charge is 2.38. The average Bonchev–Trinajstić information content (AvgIpc) is 2.86. The Bertz CT molecular complexity index is 350. The molecule has 1 aromatic rings. The van der Waals surface area contributed by atoms with Gasteiger partial charge in [-0.25, -0.2) is 0 Å². The van der Waals surface area contributed by atoms with Gasteiger partial charge >= 0.3 is 0 Å². The molecule has 0 radical (unpaired) electrons. The number of alkyl halides is 2. The van der Waals surface area contributed by atoms with E-state index in [1.807, 2.05) is 12.1 Å². The van der Waals surface area contributed by atoms with E-state index in [1.54, 1.807) is 12.1 Å². The van der Waals surface area contributed by atoms with Crippen LogP contribution in [0.25, 0.3) is 0 Å². The Kier molecular flexibility index (Phi) is 2.98. The van der Waals surface area contributed by atoms with Crippen molar-refractivity contribution in [3.8, 4) is 0 Å². The first-order valence-electron chi connectivity index (χ1n) is 4.91. The summed E-state index contributed by atoms with van der Waals surface area (Å²) in [6.07, 6.45) is 2.71. The van der Waals surface area contributed by atoms with Crippen LogP contribution in [0.15, 0.2) is 29.2 Å². The van der Waals surface area contributed by atoms with Crippen molar-refractivity contribution in [1.29, 1.82) is 0 Å². The van der Waals surface area contributed by atoms with Crippen LogP contribution >= 0.6 is 11.8 Å². The van der Waals surface area contributed by atoms with Gasteiger partial charge in [0.15, 0.2) is 0 Å². The molecule has 0 atom stereocenters. The smallest absolute Gasteiger partial charge is 0.288 e. The van der Waals surface area contributed by atoms with Crippen molar-refractivity contribution in [3.63, 3.8) is 0 Å². The molecule has 15 heavy (non-hydrogen) atoms. The molecule has 0 aromatic heterocycles. The fourth-order valence-corrected chi connectivity index (χ4v) is 2.22. The van der Waals surface area contributed by atoms with Crippen molar-refractivity contribution < 1.29 is 8.78 Å². The molecule has 0 bridgehead atoms. The van der Waals surface area contributed by atoms with E-state index >= 15 is 0 Å². The van der Waals surface area contributed by atoms with Gasteiger partial charge in [0, 0.05) is 10.4 Å². The summed E-state index contributed by atoms with van der Waals surface area (Å²) in [5, 5.41) is 0. The van der Waals surface area contributed by atoms with E-state index in [2.05, 4.69) is 0 Å². The van der Waals surface area contributed by atoms with Gasteiger partial charge in [-0.2, -0.15) is 8.78 Å². The third kappa shape index (κ3) is 2.92. The first-order valence-corrected chi connectivity index (χ1v) is 5.79. The highest BCUT2D eigenvalue weighted by molar-refractivity contribution is 7.99. The molecule has 1 nitrogen and oxygen atoms in total. The summed E-state index contributed by atoms with van der Waals surface area (Å²) in [4.78, 5) is 0.657. The first-order chi connectivity index (χ1) is 7.09. The molecule has 1 fully saturated rings. The Morgan fingerprint density at radius 3 is 2.60 bits per heavy atom. The zero-order valence-corrected chi connectivity index (χ0v) is 9.07. The predicted molar refractivity (Wildman–Crippen MR) is 58.2 cm³/mol. The van der Waals surface area contributed by atoms with Gasteiger partial charge in [-0.1, -0.05) is 30.0 Å². The zero-order chi connectivity index (χ0) is 10.9. The second-order valence-electron chi connectivity index (χ2n) is 4.03. The van der Waals surface area contributed by atoms with Crippen molar-refractivity contribution >= 4 is 11.8 Å². The van der Waals surface area contributed by atoms with Gasteiger partial charge in [0.2, 0.25) is 0 Å². The maximum atomic E-state index is 12.3. The summed E-state index contributed by atoms with van der Waals surface area (Å²) in [5.74, 6) is -2.36. The lowest BCUT2D eigenvalue weighted by atomic mass is 10.1. The van der Waals surface area contributed by atoms with Crippen molar-refractivity contribution in [1.82, 2.24) is 0 Å². The number of rotatable bonds is 4. The highest BCUT2D eigenvalue weighted by Crippen LogP contribution is 2.38. The van der Waals surface area contributed by atoms with E-state index < -0.39 is 5.76 Å². The number of thioether (sulfide) groups is 1. The lowest BCUT2D eigenvalue weighted by Gasteiger charge is -2.12. The molecule has 1 aliphatic rings. The minimum atomic E-state index is -2.36. The minimum Gasteiger partial charge on any atom is -0.325 e. The van der Waals surface area contributed by atoms with E-state index in [9.17, 15) is 8.78 Å². The van der Waals surface area contributed by atoms with Gasteiger partial charge in [0.1, 0.15) is 0 Å². The van der Waals surface area contributed by atoms with Gasteiger partial charge in [-0.3, -0.25) is 0 Å². The normalized spacial score (nSPS) is 18.1. The Labute approximate surface area is 92.0 Å². The van der Waals surface area contributed by atoms with Crippen LogP contribution in [0.1, 0.15) is 18.4 Å².